The minimum atomic E-state index is -0.875. The van der Waals surface area contributed by atoms with Gasteiger partial charge in [0.1, 0.15) is 23.1 Å². The summed E-state index contributed by atoms with van der Waals surface area (Å²) < 4.78 is 27.1. The number of carbonyl (C=O) groups excluding carboxylic acids is 1. The van der Waals surface area contributed by atoms with Crippen molar-refractivity contribution in [1.82, 2.24) is 19.3 Å². The number of pyridine rings is 1. The smallest absolute Gasteiger partial charge is 0.264 e. The van der Waals surface area contributed by atoms with Crippen molar-refractivity contribution < 1.29 is 18.7 Å². The summed E-state index contributed by atoms with van der Waals surface area (Å²) in [6, 6.07) is 12.4. The highest BCUT2D eigenvalue weighted by atomic mass is 19.1. The largest absolute Gasteiger partial charge is 0.496 e. The highest BCUT2D eigenvalue weighted by molar-refractivity contribution is 5.97. The van der Waals surface area contributed by atoms with Crippen LogP contribution in [-0.2, 0) is 31.4 Å². The number of alkyl halides is 1. The van der Waals surface area contributed by atoms with E-state index >= 15 is 0 Å². The molecule has 1 amide bonds. The van der Waals surface area contributed by atoms with Crippen LogP contribution in [-0.4, -0.2) is 77.8 Å². The molecule has 2 aromatic carbocycles. The molecule has 0 radical (unpaired) electrons. The van der Waals surface area contributed by atoms with Gasteiger partial charge in [-0.25, -0.2) is 0 Å². The summed E-state index contributed by atoms with van der Waals surface area (Å²) >= 11 is 0. The predicted octanol–water partition coefficient (Wildman–Crippen LogP) is 6.43. The number of nitriles is 1. The van der Waals surface area contributed by atoms with E-state index in [1.165, 1.54) is 17.2 Å². The maximum absolute atomic E-state index is 13.5. The van der Waals surface area contributed by atoms with Crippen LogP contribution in [0.15, 0.2) is 53.0 Å². The highest BCUT2D eigenvalue weighted by Crippen LogP contribution is 2.47. The lowest BCUT2D eigenvalue weighted by Gasteiger charge is -2.43. The maximum atomic E-state index is 13.5. The SMILES string of the molecule is COc1cc(-c2cn(C)c(=O)c(C)c2C)cc(OC)c1CN1CCN(Cc2cccc3c2CCN(C(=O)/C(C#N)=C/C(C)(C)CF)[C@H]3C)C2(CC2)C1. The molecule has 2 fully saturated rings. The molecule has 3 aromatic rings. The molecule has 9 nitrogen and oxygen atoms in total. The van der Waals surface area contributed by atoms with E-state index in [1.807, 2.05) is 33.0 Å². The molecule has 1 aromatic heterocycles. The van der Waals surface area contributed by atoms with E-state index in [4.69, 9.17) is 9.47 Å². The summed E-state index contributed by atoms with van der Waals surface area (Å²) in [5.74, 6) is 1.21. The number of aromatic nitrogens is 1. The average molecular weight is 710 g/mol. The predicted molar refractivity (Wildman–Crippen MR) is 201 cm³/mol. The van der Waals surface area contributed by atoms with E-state index < -0.39 is 12.1 Å². The molecule has 1 saturated heterocycles. The monoisotopic (exact) mass is 709 g/mol. The van der Waals surface area contributed by atoms with Crippen molar-refractivity contribution in [3.63, 3.8) is 0 Å². The zero-order valence-electron chi connectivity index (χ0n) is 31.9. The van der Waals surface area contributed by atoms with Crippen LogP contribution in [0, 0.1) is 30.6 Å². The molecular formula is C42H52FN5O4. The number of benzene rings is 2. The summed E-state index contributed by atoms with van der Waals surface area (Å²) in [5, 5.41) is 9.77. The summed E-state index contributed by atoms with van der Waals surface area (Å²) in [7, 11) is 5.18. The van der Waals surface area contributed by atoms with Gasteiger partial charge >= 0.3 is 0 Å². The Bertz CT molecular complexity index is 1980. The Morgan fingerprint density at radius 1 is 1.08 bits per heavy atom. The van der Waals surface area contributed by atoms with Crippen molar-refractivity contribution in [2.75, 3.05) is 47.1 Å². The van der Waals surface area contributed by atoms with Gasteiger partial charge in [0.2, 0.25) is 0 Å². The minimum Gasteiger partial charge on any atom is -0.496 e. The number of methoxy groups -OCH3 is 2. The van der Waals surface area contributed by atoms with Crippen molar-refractivity contribution in [2.45, 2.75) is 78.6 Å². The molecule has 0 N–H and O–H groups in total. The van der Waals surface area contributed by atoms with E-state index in [2.05, 4.69) is 40.1 Å². The number of carbonyl (C=O) groups is 1. The number of piperazine rings is 1. The van der Waals surface area contributed by atoms with Crippen molar-refractivity contribution in [2.24, 2.45) is 12.5 Å². The Morgan fingerprint density at radius 3 is 2.38 bits per heavy atom. The molecule has 1 saturated carbocycles. The van der Waals surface area contributed by atoms with Gasteiger partial charge in [-0.15, -0.1) is 0 Å². The van der Waals surface area contributed by atoms with Gasteiger partial charge in [-0.1, -0.05) is 38.1 Å². The van der Waals surface area contributed by atoms with E-state index in [1.54, 1.807) is 44.6 Å². The summed E-state index contributed by atoms with van der Waals surface area (Å²) in [6.45, 7) is 13.5. The van der Waals surface area contributed by atoms with Crippen molar-refractivity contribution >= 4 is 5.91 Å². The van der Waals surface area contributed by atoms with Crippen molar-refractivity contribution in [3.8, 4) is 28.7 Å². The first-order chi connectivity index (χ1) is 24.8. The fraction of sp³-hybridized carbons (Fsp3) is 0.500. The fourth-order valence-corrected chi connectivity index (χ4v) is 8.18. The Balaban J connectivity index is 1.18. The van der Waals surface area contributed by atoms with Gasteiger partial charge in [0.15, 0.2) is 0 Å². The summed E-state index contributed by atoms with van der Waals surface area (Å²) in [4.78, 5) is 32.9. The zero-order chi connectivity index (χ0) is 37.5. The normalized spacial score (nSPS) is 19.0. The average Bonchev–Trinajstić information content (AvgIpc) is 3.91. The Hall–Kier alpha value is -4.46. The second kappa shape index (κ2) is 14.5. The molecule has 0 unspecified atom stereocenters. The van der Waals surface area contributed by atoms with Crippen molar-refractivity contribution in [1.29, 1.82) is 5.26 Å². The fourth-order valence-electron chi connectivity index (χ4n) is 8.18. The number of hydrogen-bond acceptors (Lipinski definition) is 7. The van der Waals surface area contributed by atoms with Crippen LogP contribution >= 0.6 is 0 Å². The number of amides is 1. The van der Waals surface area contributed by atoms with Gasteiger partial charge in [0.25, 0.3) is 11.5 Å². The molecular weight excluding hydrogens is 657 g/mol. The lowest BCUT2D eigenvalue weighted by molar-refractivity contribution is -0.129. The van der Waals surface area contributed by atoms with Gasteiger partial charge < -0.3 is 18.9 Å². The van der Waals surface area contributed by atoms with Gasteiger partial charge in [-0.05, 0) is 80.0 Å². The quantitative estimate of drug-likeness (QED) is 0.177. The van der Waals surface area contributed by atoms with E-state index in [0.29, 0.717) is 19.5 Å². The molecule has 3 aliphatic rings. The van der Waals surface area contributed by atoms with E-state index in [-0.39, 0.29) is 28.6 Å². The number of ether oxygens (including phenoxy) is 2. The summed E-state index contributed by atoms with van der Waals surface area (Å²) in [5.41, 5.74) is 7.59. The number of nitrogens with zero attached hydrogens (tertiary/aromatic N) is 5. The maximum Gasteiger partial charge on any atom is 0.264 e. The van der Waals surface area contributed by atoms with Gasteiger partial charge in [-0.2, -0.15) is 5.26 Å². The van der Waals surface area contributed by atoms with Crippen LogP contribution in [0.2, 0.25) is 0 Å². The number of hydrogen-bond donors (Lipinski definition) is 0. The third kappa shape index (κ3) is 7.01. The molecule has 276 valence electrons. The third-order valence-corrected chi connectivity index (χ3v) is 11.6. The number of rotatable bonds is 10. The molecule has 52 heavy (non-hydrogen) atoms. The van der Waals surface area contributed by atoms with Crippen LogP contribution in [0.25, 0.3) is 11.1 Å². The van der Waals surface area contributed by atoms with Crippen LogP contribution in [0.5, 0.6) is 11.5 Å². The van der Waals surface area contributed by atoms with Crippen LogP contribution < -0.4 is 15.0 Å². The molecule has 6 rings (SSSR count). The number of fused-ring (bicyclic) bond motifs is 1. The van der Waals surface area contributed by atoms with Crippen LogP contribution in [0.4, 0.5) is 4.39 Å². The first-order valence-corrected chi connectivity index (χ1v) is 18.3. The molecule has 0 bridgehead atoms. The lowest BCUT2D eigenvalue weighted by atomic mass is 9.88. The second-order valence-electron chi connectivity index (χ2n) is 15.6. The van der Waals surface area contributed by atoms with E-state index in [0.717, 1.165) is 83.9 Å². The van der Waals surface area contributed by atoms with Crippen LogP contribution in [0.3, 0.4) is 0 Å². The van der Waals surface area contributed by atoms with Crippen LogP contribution in [0.1, 0.15) is 73.0 Å². The Morgan fingerprint density at radius 2 is 1.77 bits per heavy atom. The zero-order valence-corrected chi connectivity index (χ0v) is 31.9. The molecule has 1 aliphatic carbocycles. The molecule has 10 heteroatoms. The molecule has 1 atom stereocenters. The Kier molecular flexibility index (Phi) is 10.4. The highest BCUT2D eigenvalue weighted by Gasteiger charge is 2.51. The number of halogens is 1. The van der Waals surface area contributed by atoms with Crippen molar-refractivity contribution in [3.05, 3.63) is 91.9 Å². The molecule has 2 aliphatic heterocycles. The van der Waals surface area contributed by atoms with Gasteiger partial charge in [-0.3, -0.25) is 23.8 Å². The molecule has 3 heterocycles. The minimum absolute atomic E-state index is 0.00306. The number of aryl methyl sites for hydroxylation is 1. The standard InChI is InChI=1S/C42H52FN5O4/c1-27-28(2)39(49)45(6)23-35(27)31-18-37(51-7)36(38(19-31)52-8)24-46-16-17-47(42(26-46)13-14-42)22-30-10-9-11-33-29(3)48(15-12-34(30)33)40(50)32(21-44)20-41(4,5)25-43/h9-11,18-20,23,29H,12-17,22,24-26H2,1-8H3/b32-20+/t29-/m0/s1. The topological polar surface area (TPSA) is 91.0 Å². The summed E-state index contributed by atoms with van der Waals surface area (Å²) in [6.07, 6.45) is 6.37. The van der Waals surface area contributed by atoms with Gasteiger partial charge in [0, 0.05) is 74.6 Å². The number of allylic oxidation sites excluding steroid dienone is 1. The second-order valence-corrected chi connectivity index (χ2v) is 15.6. The van der Waals surface area contributed by atoms with E-state index in [9.17, 15) is 19.2 Å². The first kappa shape index (κ1) is 37.3. The Labute approximate surface area is 307 Å². The molecule has 1 spiro atoms. The first-order valence-electron chi connectivity index (χ1n) is 18.3. The van der Waals surface area contributed by atoms with Gasteiger partial charge in [0.05, 0.1) is 32.5 Å². The lowest BCUT2D eigenvalue weighted by Crippen LogP contribution is -2.54. The third-order valence-electron chi connectivity index (χ3n) is 11.6.